The molecule has 1 saturated heterocycles. The molecule has 3 nitrogen and oxygen atoms in total. The minimum atomic E-state index is -0.307. The van der Waals surface area contributed by atoms with Gasteiger partial charge in [0.1, 0.15) is 6.10 Å². The number of amides is 1. The summed E-state index contributed by atoms with van der Waals surface area (Å²) in [7, 11) is 0. The minimum Gasteiger partial charge on any atom is -0.365 e. The summed E-state index contributed by atoms with van der Waals surface area (Å²) in [6.07, 6.45) is 1.63. The predicted octanol–water partition coefficient (Wildman–Crippen LogP) is 3.26. The fourth-order valence-corrected chi connectivity index (χ4v) is 2.52. The highest BCUT2D eigenvalue weighted by Crippen LogP contribution is 2.25. The van der Waals surface area contributed by atoms with E-state index < -0.39 is 0 Å². The fourth-order valence-electron chi connectivity index (χ4n) is 1.93. The summed E-state index contributed by atoms with van der Waals surface area (Å²) in [5.74, 6) is -0.0566. The number of hydrogen-bond donors (Lipinski definition) is 1. The molecule has 1 aromatic carbocycles. The van der Waals surface area contributed by atoms with Gasteiger partial charge in [-0.25, -0.2) is 0 Å². The zero-order valence-electron chi connectivity index (χ0n) is 10.00. The van der Waals surface area contributed by atoms with Gasteiger partial charge in [-0.2, -0.15) is 0 Å². The Balaban J connectivity index is 2.03. The lowest BCUT2D eigenvalue weighted by atomic mass is 10.2. The van der Waals surface area contributed by atoms with E-state index in [0.29, 0.717) is 0 Å². The largest absolute Gasteiger partial charge is 0.365 e. The average molecular weight is 298 g/mol. The number of benzene rings is 1. The van der Waals surface area contributed by atoms with Gasteiger partial charge in [-0.15, -0.1) is 0 Å². The smallest absolute Gasteiger partial charge is 0.253 e. The molecule has 1 heterocycles. The van der Waals surface area contributed by atoms with Gasteiger partial charge in [-0.1, -0.05) is 6.07 Å². The Morgan fingerprint density at radius 2 is 2.24 bits per heavy atom. The second kappa shape index (κ2) is 5.19. The highest BCUT2D eigenvalue weighted by Gasteiger charge is 2.28. The molecule has 1 fully saturated rings. The number of ether oxygens (including phenoxy) is 1. The highest BCUT2D eigenvalue weighted by atomic mass is 79.9. The molecular formula is C13H16BrNO2. The molecule has 1 N–H and O–H groups in total. The van der Waals surface area contributed by atoms with Crippen LogP contribution in [0.2, 0.25) is 0 Å². The molecule has 4 heteroatoms. The second-order valence-electron chi connectivity index (χ2n) is 4.49. The van der Waals surface area contributed by atoms with Gasteiger partial charge < -0.3 is 10.1 Å². The maximum Gasteiger partial charge on any atom is 0.253 e. The number of carbonyl (C=O) groups excluding carboxylic acids is 1. The zero-order chi connectivity index (χ0) is 12.4. The van der Waals surface area contributed by atoms with E-state index in [4.69, 9.17) is 4.74 Å². The Morgan fingerprint density at radius 3 is 2.82 bits per heavy atom. The van der Waals surface area contributed by atoms with Gasteiger partial charge >= 0.3 is 0 Å². The van der Waals surface area contributed by atoms with Crippen molar-refractivity contribution in [3.8, 4) is 0 Å². The summed E-state index contributed by atoms with van der Waals surface area (Å²) >= 11 is 3.44. The molecule has 1 amide bonds. The molecule has 0 radical (unpaired) electrons. The number of nitrogens with one attached hydrogen (secondary N) is 1. The standard InChI is InChI=1S/C13H16BrNO2/c1-8-3-5-11(10(14)7-8)15-13(16)12-6-4-9(2)17-12/h3,5,7,9,12H,4,6H2,1-2H3,(H,15,16). The summed E-state index contributed by atoms with van der Waals surface area (Å²) in [6, 6.07) is 5.85. The van der Waals surface area contributed by atoms with E-state index >= 15 is 0 Å². The van der Waals surface area contributed by atoms with Gasteiger partial charge in [-0.05, 0) is 60.3 Å². The third-order valence-electron chi connectivity index (χ3n) is 2.91. The van der Waals surface area contributed by atoms with Gasteiger partial charge in [0.25, 0.3) is 5.91 Å². The molecule has 2 atom stereocenters. The van der Waals surface area contributed by atoms with Crippen molar-refractivity contribution in [3.63, 3.8) is 0 Å². The van der Waals surface area contributed by atoms with Crippen molar-refractivity contribution in [3.05, 3.63) is 28.2 Å². The van der Waals surface area contributed by atoms with Crippen molar-refractivity contribution in [1.29, 1.82) is 0 Å². The van der Waals surface area contributed by atoms with Crippen LogP contribution in [0.5, 0.6) is 0 Å². The number of carbonyl (C=O) groups is 1. The molecule has 1 aromatic rings. The Hall–Kier alpha value is -0.870. The van der Waals surface area contributed by atoms with Crippen LogP contribution in [0, 0.1) is 6.92 Å². The Bertz CT molecular complexity index is 433. The highest BCUT2D eigenvalue weighted by molar-refractivity contribution is 9.10. The predicted molar refractivity (Wildman–Crippen MR) is 71.1 cm³/mol. The van der Waals surface area contributed by atoms with Crippen LogP contribution in [0.15, 0.2) is 22.7 Å². The summed E-state index contributed by atoms with van der Waals surface area (Å²) < 4.78 is 6.43. The van der Waals surface area contributed by atoms with Crippen molar-refractivity contribution in [2.24, 2.45) is 0 Å². The Labute approximate surface area is 110 Å². The number of anilines is 1. The molecule has 1 aliphatic rings. The molecule has 92 valence electrons. The molecule has 0 bridgehead atoms. The van der Waals surface area contributed by atoms with E-state index in [0.717, 1.165) is 28.6 Å². The maximum atomic E-state index is 11.9. The van der Waals surface area contributed by atoms with E-state index in [1.807, 2.05) is 32.0 Å². The molecular weight excluding hydrogens is 282 g/mol. The molecule has 0 aliphatic carbocycles. The minimum absolute atomic E-state index is 0.0566. The lowest BCUT2D eigenvalue weighted by Crippen LogP contribution is -2.27. The van der Waals surface area contributed by atoms with Gasteiger partial charge in [0.15, 0.2) is 0 Å². The molecule has 0 spiro atoms. The first-order valence-corrected chi connectivity index (χ1v) is 6.58. The number of aryl methyl sites for hydroxylation is 1. The van der Waals surface area contributed by atoms with Crippen LogP contribution in [0.3, 0.4) is 0 Å². The van der Waals surface area contributed by atoms with Gasteiger partial charge in [-0.3, -0.25) is 4.79 Å². The third kappa shape index (κ3) is 3.07. The average Bonchev–Trinajstić information content (AvgIpc) is 2.69. The molecule has 1 aliphatic heterocycles. The van der Waals surface area contributed by atoms with Crippen LogP contribution in [-0.2, 0) is 9.53 Å². The van der Waals surface area contributed by atoms with Gasteiger partial charge in [0.05, 0.1) is 11.8 Å². The zero-order valence-corrected chi connectivity index (χ0v) is 11.6. The topological polar surface area (TPSA) is 38.3 Å². The van der Waals surface area contributed by atoms with Crippen LogP contribution in [0.25, 0.3) is 0 Å². The second-order valence-corrected chi connectivity index (χ2v) is 5.34. The van der Waals surface area contributed by atoms with Crippen molar-refractivity contribution in [2.45, 2.75) is 38.9 Å². The number of halogens is 1. The number of rotatable bonds is 2. The number of hydrogen-bond acceptors (Lipinski definition) is 2. The SMILES string of the molecule is Cc1ccc(NC(=O)C2CCC(C)O2)c(Br)c1. The van der Waals surface area contributed by atoms with Gasteiger partial charge in [0, 0.05) is 4.47 Å². The van der Waals surface area contributed by atoms with E-state index in [1.165, 1.54) is 0 Å². The monoisotopic (exact) mass is 297 g/mol. The van der Waals surface area contributed by atoms with Crippen LogP contribution >= 0.6 is 15.9 Å². The Morgan fingerprint density at radius 1 is 1.47 bits per heavy atom. The lowest BCUT2D eigenvalue weighted by molar-refractivity contribution is -0.126. The van der Waals surface area contributed by atoms with Crippen LogP contribution in [-0.4, -0.2) is 18.1 Å². The van der Waals surface area contributed by atoms with Crippen molar-refractivity contribution >= 4 is 27.5 Å². The van der Waals surface area contributed by atoms with Crippen molar-refractivity contribution < 1.29 is 9.53 Å². The molecule has 0 aromatic heterocycles. The third-order valence-corrected chi connectivity index (χ3v) is 3.56. The molecule has 17 heavy (non-hydrogen) atoms. The first-order valence-electron chi connectivity index (χ1n) is 5.79. The first-order chi connectivity index (χ1) is 8.06. The van der Waals surface area contributed by atoms with Crippen molar-refractivity contribution in [1.82, 2.24) is 0 Å². The fraction of sp³-hybridized carbons (Fsp3) is 0.462. The Kier molecular flexibility index (Phi) is 3.84. The van der Waals surface area contributed by atoms with Crippen LogP contribution < -0.4 is 5.32 Å². The normalized spacial score (nSPS) is 23.7. The van der Waals surface area contributed by atoms with Crippen LogP contribution in [0.4, 0.5) is 5.69 Å². The molecule has 0 saturated carbocycles. The van der Waals surface area contributed by atoms with Gasteiger partial charge in [0.2, 0.25) is 0 Å². The van der Waals surface area contributed by atoms with Crippen LogP contribution in [0.1, 0.15) is 25.3 Å². The summed E-state index contributed by atoms with van der Waals surface area (Å²) in [4.78, 5) is 11.9. The summed E-state index contributed by atoms with van der Waals surface area (Å²) in [6.45, 7) is 4.01. The first kappa shape index (κ1) is 12.6. The maximum absolute atomic E-state index is 11.9. The lowest BCUT2D eigenvalue weighted by Gasteiger charge is -2.13. The van der Waals surface area contributed by atoms with Crippen molar-refractivity contribution in [2.75, 3.05) is 5.32 Å². The summed E-state index contributed by atoms with van der Waals surface area (Å²) in [5.41, 5.74) is 1.95. The van der Waals surface area contributed by atoms with E-state index in [9.17, 15) is 4.79 Å². The van der Waals surface area contributed by atoms with E-state index in [1.54, 1.807) is 0 Å². The quantitative estimate of drug-likeness (QED) is 0.910. The van der Waals surface area contributed by atoms with E-state index in [2.05, 4.69) is 21.2 Å². The molecule has 2 unspecified atom stereocenters. The molecule has 2 rings (SSSR count). The van der Waals surface area contributed by atoms with E-state index in [-0.39, 0.29) is 18.1 Å². The summed E-state index contributed by atoms with van der Waals surface area (Å²) in [5, 5.41) is 2.89.